The van der Waals surface area contributed by atoms with Crippen LogP contribution in [0.2, 0.25) is 0 Å². The third kappa shape index (κ3) is 2.60. The average molecular weight is 301 g/mol. The van der Waals surface area contributed by atoms with E-state index < -0.39 is 0 Å². The molecule has 20 heavy (non-hydrogen) atoms. The highest BCUT2D eigenvalue weighted by Crippen LogP contribution is 2.34. The Morgan fingerprint density at radius 2 is 1.65 bits per heavy atom. The van der Waals surface area contributed by atoms with Gasteiger partial charge >= 0.3 is 0 Å². The number of aryl methyl sites for hydroxylation is 1. The fourth-order valence-electron chi connectivity index (χ4n) is 2.02. The molecule has 1 aromatic heterocycles. The largest absolute Gasteiger partial charge is 0.148 e. The zero-order valence-corrected chi connectivity index (χ0v) is 12.5. The van der Waals surface area contributed by atoms with Gasteiger partial charge in [0.25, 0.3) is 0 Å². The maximum atomic E-state index is 6.48. The molecule has 1 unspecified atom stereocenters. The number of alkyl halides is 1. The number of aromatic nitrogens is 2. The van der Waals surface area contributed by atoms with Crippen molar-refractivity contribution in [3.05, 3.63) is 70.7 Å². The van der Waals surface area contributed by atoms with Crippen molar-refractivity contribution in [3.8, 4) is 10.6 Å². The number of hydrogen-bond acceptors (Lipinski definition) is 3. The summed E-state index contributed by atoms with van der Waals surface area (Å²) >= 11 is 8.03. The number of hydrogen-bond donors (Lipinski definition) is 0. The lowest BCUT2D eigenvalue weighted by Gasteiger charge is -2.04. The first-order valence-electron chi connectivity index (χ1n) is 6.34. The lowest BCUT2D eigenvalue weighted by atomic mass is 10.1. The maximum Gasteiger partial charge on any atom is 0.148 e. The molecule has 0 bridgehead atoms. The second-order valence-electron chi connectivity index (χ2n) is 4.53. The standard InChI is InChI=1S/C16H13ClN2S/c1-11-7-5-6-10-13(11)15-18-19-16(20-15)14(17)12-8-3-2-4-9-12/h2-10,14H,1H3. The highest BCUT2D eigenvalue weighted by atomic mass is 35.5. The van der Waals surface area contributed by atoms with Crippen molar-refractivity contribution in [1.82, 2.24) is 10.2 Å². The van der Waals surface area contributed by atoms with Crippen molar-refractivity contribution in [2.45, 2.75) is 12.3 Å². The fourth-order valence-corrected chi connectivity index (χ4v) is 3.29. The summed E-state index contributed by atoms with van der Waals surface area (Å²) in [5.74, 6) is 0. The van der Waals surface area contributed by atoms with Crippen LogP contribution in [0.5, 0.6) is 0 Å². The number of rotatable bonds is 3. The van der Waals surface area contributed by atoms with Crippen LogP contribution in [0.1, 0.15) is 21.5 Å². The molecule has 0 saturated carbocycles. The Morgan fingerprint density at radius 1 is 0.950 bits per heavy atom. The first-order valence-corrected chi connectivity index (χ1v) is 7.59. The average Bonchev–Trinajstić information content (AvgIpc) is 2.97. The molecule has 2 nitrogen and oxygen atoms in total. The van der Waals surface area contributed by atoms with Crippen molar-refractivity contribution in [2.75, 3.05) is 0 Å². The molecule has 0 aliphatic heterocycles. The van der Waals surface area contributed by atoms with Gasteiger partial charge in [0.15, 0.2) is 0 Å². The first-order chi connectivity index (χ1) is 9.75. The van der Waals surface area contributed by atoms with E-state index in [4.69, 9.17) is 11.6 Å². The van der Waals surface area contributed by atoms with Gasteiger partial charge < -0.3 is 0 Å². The number of benzene rings is 2. The zero-order chi connectivity index (χ0) is 13.9. The molecule has 0 amide bonds. The van der Waals surface area contributed by atoms with Gasteiger partial charge in [-0.2, -0.15) is 0 Å². The quantitative estimate of drug-likeness (QED) is 0.647. The van der Waals surface area contributed by atoms with Crippen LogP contribution in [0, 0.1) is 6.92 Å². The molecule has 1 atom stereocenters. The molecule has 0 N–H and O–H groups in total. The molecule has 3 aromatic rings. The van der Waals surface area contributed by atoms with Crippen LogP contribution in [-0.2, 0) is 0 Å². The van der Waals surface area contributed by atoms with Crippen molar-refractivity contribution < 1.29 is 0 Å². The third-order valence-corrected chi connectivity index (χ3v) is 4.73. The van der Waals surface area contributed by atoms with Crippen molar-refractivity contribution in [1.29, 1.82) is 0 Å². The first kappa shape index (κ1) is 13.3. The molecule has 4 heteroatoms. The molecule has 0 fully saturated rings. The minimum absolute atomic E-state index is 0.244. The summed E-state index contributed by atoms with van der Waals surface area (Å²) in [7, 11) is 0. The van der Waals surface area contributed by atoms with Crippen molar-refractivity contribution >= 4 is 22.9 Å². The SMILES string of the molecule is Cc1ccccc1-c1nnc(C(Cl)c2ccccc2)s1. The van der Waals surface area contributed by atoms with E-state index in [1.54, 1.807) is 11.3 Å². The smallest absolute Gasteiger partial charge is 0.141 e. The summed E-state index contributed by atoms with van der Waals surface area (Å²) in [6.45, 7) is 2.08. The van der Waals surface area contributed by atoms with E-state index in [1.807, 2.05) is 42.5 Å². The van der Waals surface area contributed by atoms with E-state index in [-0.39, 0.29) is 5.38 Å². The van der Waals surface area contributed by atoms with E-state index >= 15 is 0 Å². The molecule has 0 spiro atoms. The van der Waals surface area contributed by atoms with E-state index in [0.717, 1.165) is 21.1 Å². The Kier molecular flexibility index (Phi) is 3.81. The van der Waals surface area contributed by atoms with Gasteiger partial charge in [0, 0.05) is 5.56 Å². The lowest BCUT2D eigenvalue weighted by molar-refractivity contribution is 0.987. The van der Waals surface area contributed by atoms with Crippen LogP contribution in [0.4, 0.5) is 0 Å². The second-order valence-corrected chi connectivity index (χ2v) is 5.98. The van der Waals surface area contributed by atoms with Crippen LogP contribution in [0.3, 0.4) is 0 Å². The Morgan fingerprint density at radius 3 is 2.40 bits per heavy atom. The number of halogens is 1. The summed E-state index contributed by atoms with van der Waals surface area (Å²) in [6, 6.07) is 18.1. The van der Waals surface area contributed by atoms with E-state index in [2.05, 4.69) is 29.3 Å². The van der Waals surface area contributed by atoms with Gasteiger partial charge in [-0.3, -0.25) is 0 Å². The van der Waals surface area contributed by atoms with Crippen LogP contribution >= 0.6 is 22.9 Å². The summed E-state index contributed by atoms with van der Waals surface area (Å²) in [4.78, 5) is 0. The highest BCUT2D eigenvalue weighted by Gasteiger charge is 2.17. The Hall–Kier alpha value is -1.71. The molecule has 0 aliphatic carbocycles. The van der Waals surface area contributed by atoms with Gasteiger partial charge in [0.2, 0.25) is 0 Å². The number of nitrogens with zero attached hydrogens (tertiary/aromatic N) is 2. The molecule has 3 rings (SSSR count). The highest BCUT2D eigenvalue weighted by molar-refractivity contribution is 7.15. The summed E-state index contributed by atoms with van der Waals surface area (Å²) in [6.07, 6.45) is 0. The maximum absolute atomic E-state index is 6.48. The van der Waals surface area contributed by atoms with Crippen LogP contribution in [0.15, 0.2) is 54.6 Å². The third-order valence-electron chi connectivity index (χ3n) is 3.13. The minimum Gasteiger partial charge on any atom is -0.141 e. The zero-order valence-electron chi connectivity index (χ0n) is 11.0. The van der Waals surface area contributed by atoms with Gasteiger partial charge in [0.05, 0.1) is 0 Å². The van der Waals surface area contributed by atoms with Crippen molar-refractivity contribution in [2.24, 2.45) is 0 Å². The van der Waals surface area contributed by atoms with Gasteiger partial charge in [-0.1, -0.05) is 65.9 Å². The van der Waals surface area contributed by atoms with E-state index in [9.17, 15) is 0 Å². The van der Waals surface area contributed by atoms with Crippen LogP contribution in [-0.4, -0.2) is 10.2 Å². The van der Waals surface area contributed by atoms with Gasteiger partial charge in [-0.25, -0.2) is 0 Å². The summed E-state index contributed by atoms with van der Waals surface area (Å²) in [5, 5.41) is 10.0. The summed E-state index contributed by atoms with van der Waals surface area (Å²) < 4.78 is 0. The van der Waals surface area contributed by atoms with Gasteiger partial charge in [-0.15, -0.1) is 21.8 Å². The molecular weight excluding hydrogens is 288 g/mol. The fraction of sp³-hybridized carbons (Fsp3) is 0.125. The molecule has 1 heterocycles. The second kappa shape index (κ2) is 5.73. The Labute approximate surface area is 127 Å². The molecule has 0 saturated heterocycles. The van der Waals surface area contributed by atoms with E-state index in [1.165, 1.54) is 5.56 Å². The van der Waals surface area contributed by atoms with Crippen LogP contribution in [0.25, 0.3) is 10.6 Å². The van der Waals surface area contributed by atoms with E-state index in [0.29, 0.717) is 0 Å². The topological polar surface area (TPSA) is 25.8 Å². The van der Waals surface area contributed by atoms with Gasteiger partial charge in [0.1, 0.15) is 15.4 Å². The van der Waals surface area contributed by atoms with Crippen molar-refractivity contribution in [3.63, 3.8) is 0 Å². The Bertz CT molecular complexity index is 709. The molecule has 0 aliphatic rings. The predicted octanol–water partition coefficient (Wildman–Crippen LogP) is 4.84. The molecule has 0 radical (unpaired) electrons. The molecular formula is C16H13ClN2S. The lowest BCUT2D eigenvalue weighted by Crippen LogP contribution is -1.91. The minimum atomic E-state index is -0.244. The Balaban J connectivity index is 1.93. The normalized spacial score (nSPS) is 12.3. The summed E-state index contributed by atoms with van der Waals surface area (Å²) in [5.41, 5.74) is 3.36. The van der Waals surface area contributed by atoms with Crippen LogP contribution < -0.4 is 0 Å². The monoisotopic (exact) mass is 300 g/mol. The molecule has 100 valence electrons. The predicted molar refractivity (Wildman–Crippen MR) is 84.2 cm³/mol. The molecule has 2 aromatic carbocycles. The van der Waals surface area contributed by atoms with Gasteiger partial charge in [-0.05, 0) is 18.1 Å².